The molecule has 1 saturated carbocycles. The topological polar surface area (TPSA) is 63.1 Å². The summed E-state index contributed by atoms with van der Waals surface area (Å²) in [7, 11) is 0. The second kappa shape index (κ2) is 4.09. The molecule has 2 rings (SSSR count). The van der Waals surface area contributed by atoms with Crippen molar-refractivity contribution in [2.45, 2.75) is 46.0 Å². The molecule has 0 radical (unpaired) electrons. The minimum atomic E-state index is -0.935. The number of aromatic carboxylic acids is 1. The Morgan fingerprint density at radius 1 is 1.59 bits per heavy atom. The third-order valence-corrected chi connectivity index (χ3v) is 3.43. The summed E-state index contributed by atoms with van der Waals surface area (Å²) < 4.78 is 0. The lowest BCUT2D eigenvalue weighted by atomic mass is 10.1. The lowest BCUT2D eigenvalue weighted by Crippen LogP contribution is -2.09. The van der Waals surface area contributed by atoms with Crippen molar-refractivity contribution in [3.63, 3.8) is 0 Å². The molecule has 0 spiro atoms. The van der Waals surface area contributed by atoms with Crippen LogP contribution in [-0.4, -0.2) is 21.0 Å². The van der Waals surface area contributed by atoms with Gasteiger partial charge in [0.05, 0.1) is 11.3 Å². The number of carboxylic acid groups (broad SMARTS) is 1. The van der Waals surface area contributed by atoms with Crippen molar-refractivity contribution < 1.29 is 9.90 Å². The molecule has 92 valence electrons. The maximum absolute atomic E-state index is 11.0. The van der Waals surface area contributed by atoms with Crippen LogP contribution in [0.1, 0.15) is 61.4 Å². The third kappa shape index (κ3) is 2.30. The molecule has 0 aliphatic heterocycles. The van der Waals surface area contributed by atoms with Gasteiger partial charge < -0.3 is 5.11 Å². The first-order valence-corrected chi connectivity index (χ1v) is 6.05. The molecule has 0 amide bonds. The van der Waals surface area contributed by atoms with Crippen LogP contribution in [0.5, 0.6) is 0 Å². The summed E-state index contributed by atoms with van der Waals surface area (Å²) in [5, 5.41) is 9.06. The molecule has 1 aliphatic rings. The van der Waals surface area contributed by atoms with Crippen LogP contribution in [0.2, 0.25) is 0 Å². The highest BCUT2D eigenvalue weighted by Gasteiger charge is 2.48. The number of hydrogen-bond acceptors (Lipinski definition) is 3. The van der Waals surface area contributed by atoms with E-state index in [1.807, 2.05) is 6.92 Å². The fourth-order valence-electron chi connectivity index (χ4n) is 2.11. The van der Waals surface area contributed by atoms with Crippen LogP contribution in [0.25, 0.3) is 0 Å². The predicted octanol–water partition coefficient (Wildman–Crippen LogP) is 2.64. The van der Waals surface area contributed by atoms with Gasteiger partial charge in [-0.2, -0.15) is 0 Å². The first-order chi connectivity index (χ1) is 7.95. The lowest BCUT2D eigenvalue weighted by Gasteiger charge is -2.07. The van der Waals surface area contributed by atoms with Gasteiger partial charge in [0.15, 0.2) is 0 Å². The van der Waals surface area contributed by atoms with Gasteiger partial charge >= 0.3 is 5.97 Å². The second-order valence-corrected chi connectivity index (χ2v) is 5.39. The fraction of sp³-hybridized carbons (Fsp3) is 0.615. The van der Waals surface area contributed by atoms with Crippen molar-refractivity contribution in [2.24, 2.45) is 5.41 Å². The summed E-state index contributed by atoms with van der Waals surface area (Å²) >= 11 is 0. The Morgan fingerprint density at radius 2 is 2.24 bits per heavy atom. The van der Waals surface area contributed by atoms with Crippen LogP contribution in [-0.2, 0) is 6.42 Å². The smallest absolute Gasteiger partial charge is 0.339 e. The Labute approximate surface area is 101 Å². The van der Waals surface area contributed by atoms with Crippen molar-refractivity contribution in [3.8, 4) is 0 Å². The first-order valence-electron chi connectivity index (χ1n) is 6.05. The third-order valence-electron chi connectivity index (χ3n) is 3.43. The standard InChI is InChI=1S/C13H18N2O2/c1-4-5-10-8(12(16)17)7-14-11(15-10)9-6-13(9,2)3/h7,9H,4-6H2,1-3H3,(H,16,17). The normalized spacial score (nSPS) is 21.2. The van der Waals surface area contributed by atoms with E-state index < -0.39 is 5.97 Å². The van der Waals surface area contributed by atoms with E-state index in [1.54, 1.807) is 0 Å². The molecule has 0 aromatic carbocycles. The molecule has 1 aliphatic carbocycles. The number of rotatable bonds is 4. The van der Waals surface area contributed by atoms with E-state index in [0.29, 0.717) is 18.0 Å². The molecule has 1 unspecified atom stereocenters. The number of aryl methyl sites for hydroxylation is 1. The van der Waals surface area contributed by atoms with Crippen LogP contribution >= 0.6 is 0 Å². The quantitative estimate of drug-likeness (QED) is 0.869. The molecule has 1 aromatic rings. The molecule has 4 heteroatoms. The van der Waals surface area contributed by atoms with Gasteiger partial charge in [-0.25, -0.2) is 14.8 Å². The molecule has 1 aromatic heterocycles. The van der Waals surface area contributed by atoms with Crippen LogP contribution in [0.4, 0.5) is 0 Å². The molecule has 1 fully saturated rings. The van der Waals surface area contributed by atoms with Crippen molar-refractivity contribution in [3.05, 3.63) is 23.3 Å². The van der Waals surface area contributed by atoms with Crippen LogP contribution in [0.3, 0.4) is 0 Å². The number of aromatic nitrogens is 2. The van der Waals surface area contributed by atoms with Gasteiger partial charge in [-0.3, -0.25) is 0 Å². The average Bonchev–Trinajstić information content (AvgIpc) is 2.88. The summed E-state index contributed by atoms with van der Waals surface area (Å²) in [5.41, 5.74) is 1.19. The van der Waals surface area contributed by atoms with Gasteiger partial charge in [-0.15, -0.1) is 0 Å². The van der Waals surface area contributed by atoms with E-state index in [-0.39, 0.29) is 11.0 Å². The summed E-state index contributed by atoms with van der Waals surface area (Å²) in [6.45, 7) is 6.39. The Bertz CT molecular complexity index is 455. The minimum Gasteiger partial charge on any atom is -0.478 e. The molecule has 1 N–H and O–H groups in total. The zero-order valence-corrected chi connectivity index (χ0v) is 10.5. The van der Waals surface area contributed by atoms with E-state index in [4.69, 9.17) is 5.11 Å². The Morgan fingerprint density at radius 3 is 2.71 bits per heavy atom. The van der Waals surface area contributed by atoms with Gasteiger partial charge in [0.1, 0.15) is 5.82 Å². The lowest BCUT2D eigenvalue weighted by molar-refractivity contribution is 0.0694. The highest BCUT2D eigenvalue weighted by molar-refractivity contribution is 5.88. The van der Waals surface area contributed by atoms with Gasteiger partial charge in [0, 0.05) is 12.1 Å². The Balaban J connectivity index is 2.32. The Kier molecular flexibility index (Phi) is 2.89. The van der Waals surface area contributed by atoms with Crippen molar-refractivity contribution in [1.29, 1.82) is 0 Å². The number of hydrogen-bond donors (Lipinski definition) is 1. The van der Waals surface area contributed by atoms with E-state index >= 15 is 0 Å². The molecular formula is C13H18N2O2. The second-order valence-electron chi connectivity index (χ2n) is 5.39. The largest absolute Gasteiger partial charge is 0.478 e. The van der Waals surface area contributed by atoms with Gasteiger partial charge in [-0.05, 0) is 18.3 Å². The molecule has 1 atom stereocenters. The van der Waals surface area contributed by atoms with Gasteiger partial charge in [0.25, 0.3) is 0 Å². The number of carbonyl (C=O) groups is 1. The Hall–Kier alpha value is -1.45. The molecule has 1 heterocycles. The van der Waals surface area contributed by atoms with Gasteiger partial charge in [-0.1, -0.05) is 27.2 Å². The number of nitrogens with zero attached hydrogens (tertiary/aromatic N) is 2. The monoisotopic (exact) mass is 234 g/mol. The molecule has 0 bridgehead atoms. The van der Waals surface area contributed by atoms with Crippen LogP contribution < -0.4 is 0 Å². The molecule has 4 nitrogen and oxygen atoms in total. The molecule has 17 heavy (non-hydrogen) atoms. The SMILES string of the molecule is CCCc1nc(C2CC2(C)C)ncc1C(=O)O. The van der Waals surface area contributed by atoms with Crippen molar-refractivity contribution in [1.82, 2.24) is 9.97 Å². The highest BCUT2D eigenvalue weighted by Crippen LogP contribution is 2.57. The van der Waals surface area contributed by atoms with Crippen LogP contribution in [0, 0.1) is 5.41 Å². The first kappa shape index (κ1) is 12.0. The summed E-state index contributed by atoms with van der Waals surface area (Å²) in [4.78, 5) is 19.7. The van der Waals surface area contributed by atoms with Crippen molar-refractivity contribution in [2.75, 3.05) is 0 Å². The van der Waals surface area contributed by atoms with E-state index in [2.05, 4.69) is 23.8 Å². The fourth-order valence-corrected chi connectivity index (χ4v) is 2.11. The average molecular weight is 234 g/mol. The molecule has 0 saturated heterocycles. The maximum atomic E-state index is 11.0. The highest BCUT2D eigenvalue weighted by atomic mass is 16.4. The summed E-state index contributed by atoms with van der Waals surface area (Å²) in [6, 6.07) is 0. The van der Waals surface area contributed by atoms with E-state index in [9.17, 15) is 4.79 Å². The van der Waals surface area contributed by atoms with E-state index in [0.717, 1.165) is 18.7 Å². The summed E-state index contributed by atoms with van der Waals surface area (Å²) in [6.07, 6.45) is 4.14. The number of carboxylic acids is 1. The summed E-state index contributed by atoms with van der Waals surface area (Å²) in [5.74, 6) is 0.263. The molecular weight excluding hydrogens is 216 g/mol. The van der Waals surface area contributed by atoms with Gasteiger partial charge in [0.2, 0.25) is 0 Å². The van der Waals surface area contributed by atoms with Crippen LogP contribution in [0.15, 0.2) is 6.20 Å². The van der Waals surface area contributed by atoms with Crippen molar-refractivity contribution >= 4 is 5.97 Å². The predicted molar refractivity (Wildman–Crippen MR) is 64.1 cm³/mol. The van der Waals surface area contributed by atoms with E-state index in [1.165, 1.54) is 6.20 Å². The zero-order valence-electron chi connectivity index (χ0n) is 10.5. The minimum absolute atomic E-state index is 0.244. The maximum Gasteiger partial charge on any atom is 0.339 e. The zero-order chi connectivity index (χ0) is 12.6.